The topological polar surface area (TPSA) is 63.2 Å². The minimum Gasteiger partial charge on any atom is -0.493 e. The standard InChI is InChI=1S/C16H23N3O3/c1-4-19(5-2)14(20)11-22-15-12(16-17-9-10-18-16)7-6-8-13(15)21-3/h6-8H,4-5,9-11H2,1-3H3,(H,17,18). The molecule has 120 valence electrons. The minimum absolute atomic E-state index is 0.0116. The van der Waals surface area contributed by atoms with Gasteiger partial charge in [0.15, 0.2) is 18.1 Å². The van der Waals surface area contributed by atoms with E-state index in [-0.39, 0.29) is 12.5 Å². The van der Waals surface area contributed by atoms with Crippen LogP contribution in [0.1, 0.15) is 19.4 Å². The lowest BCUT2D eigenvalue weighted by atomic mass is 10.1. The molecule has 0 fully saturated rings. The molecule has 1 aromatic carbocycles. The minimum atomic E-state index is -0.0387. The fraction of sp³-hybridized carbons (Fsp3) is 0.500. The fourth-order valence-electron chi connectivity index (χ4n) is 2.39. The summed E-state index contributed by atoms with van der Waals surface area (Å²) >= 11 is 0. The molecular weight excluding hydrogens is 282 g/mol. The molecule has 2 rings (SSSR count). The van der Waals surface area contributed by atoms with Crippen molar-refractivity contribution in [2.75, 3.05) is 39.9 Å². The van der Waals surface area contributed by atoms with Crippen LogP contribution >= 0.6 is 0 Å². The Bertz CT molecular complexity index is 554. The molecule has 6 heteroatoms. The Morgan fingerprint density at radius 1 is 1.36 bits per heavy atom. The van der Waals surface area contributed by atoms with Gasteiger partial charge < -0.3 is 19.7 Å². The van der Waals surface area contributed by atoms with E-state index >= 15 is 0 Å². The number of hydrogen-bond donors (Lipinski definition) is 1. The Kier molecular flexibility index (Phi) is 5.63. The van der Waals surface area contributed by atoms with Crippen molar-refractivity contribution in [3.63, 3.8) is 0 Å². The highest BCUT2D eigenvalue weighted by Gasteiger charge is 2.19. The highest BCUT2D eigenvalue weighted by molar-refractivity contribution is 6.02. The fourth-order valence-corrected chi connectivity index (χ4v) is 2.39. The summed E-state index contributed by atoms with van der Waals surface area (Å²) in [6, 6.07) is 5.61. The summed E-state index contributed by atoms with van der Waals surface area (Å²) in [6.45, 7) is 6.79. The first kappa shape index (κ1) is 16.1. The summed E-state index contributed by atoms with van der Waals surface area (Å²) in [6.07, 6.45) is 0. The quantitative estimate of drug-likeness (QED) is 0.824. The van der Waals surface area contributed by atoms with E-state index in [2.05, 4.69) is 10.3 Å². The van der Waals surface area contributed by atoms with Crippen LogP contribution in [0.3, 0.4) is 0 Å². The van der Waals surface area contributed by atoms with Gasteiger partial charge in [-0.05, 0) is 26.0 Å². The van der Waals surface area contributed by atoms with Gasteiger partial charge in [-0.3, -0.25) is 9.79 Å². The van der Waals surface area contributed by atoms with Crippen LogP contribution in [0.15, 0.2) is 23.2 Å². The number of rotatable bonds is 7. The molecule has 6 nitrogen and oxygen atoms in total. The van der Waals surface area contributed by atoms with E-state index in [0.717, 1.165) is 24.5 Å². The molecule has 0 radical (unpaired) electrons. The summed E-state index contributed by atoms with van der Waals surface area (Å²) in [7, 11) is 1.59. The normalized spacial score (nSPS) is 13.3. The number of methoxy groups -OCH3 is 1. The summed E-state index contributed by atoms with van der Waals surface area (Å²) in [5, 5.41) is 3.22. The van der Waals surface area contributed by atoms with Crippen molar-refractivity contribution in [2.45, 2.75) is 13.8 Å². The van der Waals surface area contributed by atoms with Gasteiger partial charge in [-0.1, -0.05) is 6.07 Å². The average Bonchev–Trinajstić information content (AvgIpc) is 3.08. The lowest BCUT2D eigenvalue weighted by Gasteiger charge is -2.20. The second-order valence-corrected chi connectivity index (χ2v) is 4.85. The average molecular weight is 305 g/mol. The van der Waals surface area contributed by atoms with Gasteiger partial charge in [0.2, 0.25) is 0 Å². The largest absolute Gasteiger partial charge is 0.493 e. The molecule has 0 spiro atoms. The van der Waals surface area contributed by atoms with Crippen LogP contribution in [-0.4, -0.2) is 56.5 Å². The van der Waals surface area contributed by atoms with Crippen LogP contribution in [0.2, 0.25) is 0 Å². The number of benzene rings is 1. The van der Waals surface area contributed by atoms with Gasteiger partial charge in [-0.2, -0.15) is 0 Å². The molecule has 0 saturated carbocycles. The number of carbonyl (C=O) groups is 1. The molecule has 22 heavy (non-hydrogen) atoms. The van der Waals surface area contributed by atoms with Crippen LogP contribution in [0, 0.1) is 0 Å². The van der Waals surface area contributed by atoms with Crippen LogP contribution in [0.4, 0.5) is 0 Å². The first-order valence-corrected chi connectivity index (χ1v) is 7.57. The predicted octanol–water partition coefficient (Wildman–Crippen LogP) is 1.29. The number of nitrogens with zero attached hydrogens (tertiary/aromatic N) is 2. The van der Waals surface area contributed by atoms with Gasteiger partial charge in [0, 0.05) is 19.6 Å². The number of nitrogens with one attached hydrogen (secondary N) is 1. The molecule has 1 aliphatic rings. The number of carbonyl (C=O) groups excluding carboxylic acids is 1. The number of hydrogen-bond acceptors (Lipinski definition) is 5. The third-order valence-electron chi connectivity index (χ3n) is 3.58. The lowest BCUT2D eigenvalue weighted by molar-refractivity contribution is -0.132. The van der Waals surface area contributed by atoms with Crippen molar-refractivity contribution in [1.82, 2.24) is 10.2 Å². The van der Waals surface area contributed by atoms with Gasteiger partial charge in [-0.25, -0.2) is 0 Å². The van der Waals surface area contributed by atoms with E-state index < -0.39 is 0 Å². The van der Waals surface area contributed by atoms with E-state index in [0.29, 0.717) is 24.6 Å². The van der Waals surface area contributed by atoms with Crippen molar-refractivity contribution < 1.29 is 14.3 Å². The molecule has 1 amide bonds. The molecular formula is C16H23N3O3. The third kappa shape index (κ3) is 3.50. The second kappa shape index (κ2) is 7.68. The molecule has 1 heterocycles. The van der Waals surface area contributed by atoms with E-state index in [1.54, 1.807) is 12.0 Å². The zero-order chi connectivity index (χ0) is 15.9. The van der Waals surface area contributed by atoms with Gasteiger partial charge >= 0.3 is 0 Å². The molecule has 0 atom stereocenters. The number of amidine groups is 1. The predicted molar refractivity (Wildman–Crippen MR) is 85.8 cm³/mol. The molecule has 1 N–H and O–H groups in total. The molecule has 0 bridgehead atoms. The molecule has 1 aliphatic heterocycles. The van der Waals surface area contributed by atoms with E-state index in [1.165, 1.54) is 0 Å². The van der Waals surface area contributed by atoms with Crippen LogP contribution in [0.5, 0.6) is 11.5 Å². The van der Waals surface area contributed by atoms with Gasteiger partial charge in [-0.15, -0.1) is 0 Å². The van der Waals surface area contributed by atoms with Crippen LogP contribution < -0.4 is 14.8 Å². The highest BCUT2D eigenvalue weighted by Crippen LogP contribution is 2.31. The summed E-state index contributed by atoms with van der Waals surface area (Å²) in [5.41, 5.74) is 0.823. The highest BCUT2D eigenvalue weighted by atomic mass is 16.5. The Morgan fingerprint density at radius 2 is 2.14 bits per heavy atom. The first-order valence-electron chi connectivity index (χ1n) is 7.57. The summed E-state index contributed by atoms with van der Waals surface area (Å²) in [5.74, 6) is 1.90. The van der Waals surface area contributed by atoms with Crippen molar-refractivity contribution in [1.29, 1.82) is 0 Å². The molecule has 1 aromatic rings. The van der Waals surface area contributed by atoms with Crippen molar-refractivity contribution in [3.05, 3.63) is 23.8 Å². The van der Waals surface area contributed by atoms with E-state index in [4.69, 9.17) is 9.47 Å². The van der Waals surface area contributed by atoms with Crippen molar-refractivity contribution >= 4 is 11.7 Å². The van der Waals surface area contributed by atoms with Gasteiger partial charge in [0.1, 0.15) is 5.84 Å². The van der Waals surface area contributed by atoms with Crippen LogP contribution in [-0.2, 0) is 4.79 Å². The number of likely N-dealkylation sites (N-methyl/N-ethyl adjacent to an activating group) is 1. The maximum atomic E-state index is 12.1. The van der Waals surface area contributed by atoms with E-state index in [9.17, 15) is 4.79 Å². The zero-order valence-electron chi connectivity index (χ0n) is 13.4. The molecule has 0 unspecified atom stereocenters. The van der Waals surface area contributed by atoms with E-state index in [1.807, 2.05) is 32.0 Å². The number of amides is 1. The van der Waals surface area contributed by atoms with Crippen molar-refractivity contribution in [2.24, 2.45) is 4.99 Å². The SMILES string of the molecule is CCN(CC)C(=O)COc1c(OC)cccc1C1=NCCN1. The first-order chi connectivity index (χ1) is 10.7. The maximum absolute atomic E-state index is 12.1. The Morgan fingerprint density at radius 3 is 2.73 bits per heavy atom. The molecule has 0 aliphatic carbocycles. The molecule has 0 aromatic heterocycles. The summed E-state index contributed by atoms with van der Waals surface area (Å²) in [4.78, 5) is 18.3. The Hall–Kier alpha value is -2.24. The van der Waals surface area contributed by atoms with Gasteiger partial charge in [0.05, 0.1) is 19.2 Å². The Labute approximate surface area is 131 Å². The number of ether oxygens (including phenoxy) is 2. The number of para-hydroxylation sites is 1. The van der Waals surface area contributed by atoms with Crippen LogP contribution in [0.25, 0.3) is 0 Å². The smallest absolute Gasteiger partial charge is 0.260 e. The monoisotopic (exact) mass is 305 g/mol. The zero-order valence-corrected chi connectivity index (χ0v) is 13.4. The molecule has 0 saturated heterocycles. The van der Waals surface area contributed by atoms with Gasteiger partial charge in [0.25, 0.3) is 5.91 Å². The second-order valence-electron chi connectivity index (χ2n) is 4.85. The summed E-state index contributed by atoms with van der Waals surface area (Å²) < 4.78 is 11.1. The lowest BCUT2D eigenvalue weighted by Crippen LogP contribution is -2.34. The Balaban J connectivity index is 2.19. The number of aliphatic imine (C=N–C) groups is 1. The third-order valence-corrected chi connectivity index (χ3v) is 3.58. The van der Waals surface area contributed by atoms with Crippen molar-refractivity contribution in [3.8, 4) is 11.5 Å². The maximum Gasteiger partial charge on any atom is 0.260 e.